The molecule has 2 rings (SSSR count). The van der Waals surface area contributed by atoms with Crippen LogP contribution in [0.5, 0.6) is 0 Å². The minimum atomic E-state index is 0.788. The van der Waals surface area contributed by atoms with Crippen molar-refractivity contribution in [2.24, 2.45) is 0 Å². The molecular weight excluding hydrogens is 194 g/mol. The highest BCUT2D eigenvalue weighted by Gasteiger charge is 2.17. The van der Waals surface area contributed by atoms with E-state index >= 15 is 0 Å². The molecule has 0 aliphatic carbocycles. The van der Waals surface area contributed by atoms with Gasteiger partial charge in [0.05, 0.1) is 5.69 Å². The van der Waals surface area contributed by atoms with Crippen LogP contribution in [0.1, 0.15) is 18.5 Å². The fourth-order valence-electron chi connectivity index (χ4n) is 1.89. The first-order valence-corrected chi connectivity index (χ1v) is 6.17. The molecule has 1 atom stereocenters. The lowest BCUT2D eigenvalue weighted by molar-refractivity contribution is 0.643. The molecule has 1 aliphatic heterocycles. The smallest absolute Gasteiger partial charge is 0.202 e. The standard InChI is InChI=1S/C10H17N3S/c1-8-6-13(10(11-2)12-8)7-9-4-3-5-14-9/h6,9H,3-5,7H2,1-2H3,(H,11,12). The number of hydrogen-bond acceptors (Lipinski definition) is 3. The molecule has 78 valence electrons. The van der Waals surface area contributed by atoms with Gasteiger partial charge in [0, 0.05) is 25.0 Å². The van der Waals surface area contributed by atoms with Crippen LogP contribution in [0.25, 0.3) is 0 Å². The van der Waals surface area contributed by atoms with Crippen molar-refractivity contribution in [2.75, 3.05) is 18.1 Å². The fourth-order valence-corrected chi connectivity index (χ4v) is 3.16. The molecule has 1 aromatic rings. The zero-order chi connectivity index (χ0) is 9.97. The predicted molar refractivity (Wildman–Crippen MR) is 62.0 cm³/mol. The van der Waals surface area contributed by atoms with Crippen LogP contribution in [0.4, 0.5) is 5.95 Å². The average Bonchev–Trinajstić information content (AvgIpc) is 2.76. The van der Waals surface area contributed by atoms with Gasteiger partial charge in [0.1, 0.15) is 0 Å². The van der Waals surface area contributed by atoms with E-state index in [-0.39, 0.29) is 0 Å². The molecule has 14 heavy (non-hydrogen) atoms. The molecule has 0 aromatic carbocycles. The van der Waals surface area contributed by atoms with Crippen molar-refractivity contribution in [3.05, 3.63) is 11.9 Å². The number of rotatable bonds is 3. The van der Waals surface area contributed by atoms with Gasteiger partial charge in [-0.25, -0.2) is 4.98 Å². The van der Waals surface area contributed by atoms with Crippen LogP contribution >= 0.6 is 11.8 Å². The van der Waals surface area contributed by atoms with E-state index < -0.39 is 0 Å². The van der Waals surface area contributed by atoms with Gasteiger partial charge in [-0.05, 0) is 25.5 Å². The number of hydrogen-bond donors (Lipinski definition) is 1. The minimum Gasteiger partial charge on any atom is -0.359 e. The second-order valence-corrected chi connectivity index (χ2v) is 5.15. The Morgan fingerprint density at radius 3 is 3.21 bits per heavy atom. The topological polar surface area (TPSA) is 29.9 Å². The van der Waals surface area contributed by atoms with Gasteiger partial charge >= 0.3 is 0 Å². The molecule has 1 unspecified atom stereocenters. The molecule has 1 aromatic heterocycles. The van der Waals surface area contributed by atoms with Gasteiger partial charge in [0.2, 0.25) is 5.95 Å². The van der Waals surface area contributed by atoms with E-state index in [9.17, 15) is 0 Å². The van der Waals surface area contributed by atoms with Crippen molar-refractivity contribution < 1.29 is 0 Å². The Bertz CT molecular complexity index is 302. The third-order valence-electron chi connectivity index (χ3n) is 2.54. The summed E-state index contributed by atoms with van der Waals surface area (Å²) in [6, 6.07) is 0. The Balaban J connectivity index is 2.06. The van der Waals surface area contributed by atoms with Crippen molar-refractivity contribution in [1.82, 2.24) is 9.55 Å². The zero-order valence-electron chi connectivity index (χ0n) is 8.79. The van der Waals surface area contributed by atoms with Gasteiger partial charge in [-0.15, -0.1) is 0 Å². The number of aromatic nitrogens is 2. The number of nitrogens with one attached hydrogen (secondary N) is 1. The number of nitrogens with zero attached hydrogens (tertiary/aromatic N) is 2. The Kier molecular flexibility index (Phi) is 3.01. The summed E-state index contributed by atoms with van der Waals surface area (Å²) in [5.41, 5.74) is 1.09. The second kappa shape index (κ2) is 4.26. The molecule has 0 spiro atoms. The number of anilines is 1. The molecule has 3 nitrogen and oxygen atoms in total. The van der Waals surface area contributed by atoms with E-state index in [0.717, 1.165) is 23.4 Å². The second-order valence-electron chi connectivity index (χ2n) is 3.74. The minimum absolute atomic E-state index is 0.788. The summed E-state index contributed by atoms with van der Waals surface area (Å²) in [5, 5.41) is 3.92. The number of thioether (sulfide) groups is 1. The third-order valence-corrected chi connectivity index (χ3v) is 3.93. The largest absolute Gasteiger partial charge is 0.359 e. The van der Waals surface area contributed by atoms with E-state index in [1.165, 1.54) is 18.6 Å². The predicted octanol–water partition coefficient (Wildman–Crippen LogP) is 2.13. The quantitative estimate of drug-likeness (QED) is 0.830. The summed E-state index contributed by atoms with van der Waals surface area (Å²) in [5.74, 6) is 2.32. The maximum atomic E-state index is 4.41. The van der Waals surface area contributed by atoms with Crippen LogP contribution < -0.4 is 5.32 Å². The van der Waals surface area contributed by atoms with Gasteiger partial charge < -0.3 is 9.88 Å². The van der Waals surface area contributed by atoms with Crippen LogP contribution in [0.15, 0.2) is 6.20 Å². The highest BCUT2D eigenvalue weighted by Crippen LogP contribution is 2.28. The first kappa shape index (κ1) is 9.90. The van der Waals surface area contributed by atoms with Crippen molar-refractivity contribution >= 4 is 17.7 Å². The molecule has 0 saturated carbocycles. The first-order chi connectivity index (χ1) is 6.79. The van der Waals surface area contributed by atoms with E-state index in [2.05, 4.69) is 32.8 Å². The molecule has 2 heterocycles. The molecule has 0 amide bonds. The van der Waals surface area contributed by atoms with Crippen molar-refractivity contribution in [3.8, 4) is 0 Å². The summed E-state index contributed by atoms with van der Waals surface area (Å²) in [6.07, 6.45) is 4.85. The summed E-state index contributed by atoms with van der Waals surface area (Å²) >= 11 is 2.09. The molecule has 1 fully saturated rings. The van der Waals surface area contributed by atoms with Gasteiger partial charge in [-0.2, -0.15) is 11.8 Å². The zero-order valence-corrected chi connectivity index (χ0v) is 9.60. The van der Waals surface area contributed by atoms with E-state index in [1.54, 1.807) is 0 Å². The lowest BCUT2D eigenvalue weighted by atomic mass is 10.2. The van der Waals surface area contributed by atoms with E-state index in [0.29, 0.717) is 0 Å². The Morgan fingerprint density at radius 2 is 2.57 bits per heavy atom. The highest BCUT2D eigenvalue weighted by atomic mass is 32.2. The van der Waals surface area contributed by atoms with Crippen LogP contribution in [0.3, 0.4) is 0 Å². The maximum absolute atomic E-state index is 4.41. The maximum Gasteiger partial charge on any atom is 0.202 e. The van der Waals surface area contributed by atoms with Crippen molar-refractivity contribution in [2.45, 2.75) is 31.6 Å². The van der Waals surface area contributed by atoms with E-state index in [1.807, 2.05) is 14.0 Å². The SMILES string of the molecule is CNc1nc(C)cn1CC1CCCS1. The Labute approximate surface area is 89.3 Å². The monoisotopic (exact) mass is 211 g/mol. The lowest BCUT2D eigenvalue weighted by Crippen LogP contribution is -2.11. The van der Waals surface area contributed by atoms with Crippen molar-refractivity contribution in [1.29, 1.82) is 0 Å². The summed E-state index contributed by atoms with van der Waals surface area (Å²) < 4.78 is 2.23. The lowest BCUT2D eigenvalue weighted by Gasteiger charge is -2.11. The molecule has 0 radical (unpaired) electrons. The van der Waals surface area contributed by atoms with Gasteiger partial charge in [0.15, 0.2) is 0 Å². The van der Waals surface area contributed by atoms with Crippen LogP contribution in [0.2, 0.25) is 0 Å². The fraction of sp³-hybridized carbons (Fsp3) is 0.700. The molecule has 0 bridgehead atoms. The van der Waals surface area contributed by atoms with Gasteiger partial charge in [-0.3, -0.25) is 0 Å². The summed E-state index contributed by atoms with van der Waals surface area (Å²) in [4.78, 5) is 4.41. The molecule has 4 heteroatoms. The number of aryl methyl sites for hydroxylation is 1. The number of imidazole rings is 1. The Hall–Kier alpha value is -0.640. The highest BCUT2D eigenvalue weighted by molar-refractivity contribution is 8.00. The van der Waals surface area contributed by atoms with Crippen LogP contribution in [-0.2, 0) is 6.54 Å². The normalized spacial score (nSPS) is 21.4. The van der Waals surface area contributed by atoms with Crippen molar-refractivity contribution in [3.63, 3.8) is 0 Å². The Morgan fingerprint density at radius 1 is 1.71 bits per heavy atom. The van der Waals surface area contributed by atoms with Crippen LogP contribution in [0, 0.1) is 6.92 Å². The molecule has 1 saturated heterocycles. The summed E-state index contributed by atoms with van der Waals surface area (Å²) in [7, 11) is 1.93. The first-order valence-electron chi connectivity index (χ1n) is 5.12. The van der Waals surface area contributed by atoms with Gasteiger partial charge in [-0.1, -0.05) is 0 Å². The third kappa shape index (κ3) is 2.05. The summed E-state index contributed by atoms with van der Waals surface area (Å²) in [6.45, 7) is 3.14. The molecule has 1 N–H and O–H groups in total. The van der Waals surface area contributed by atoms with Crippen LogP contribution in [-0.4, -0.2) is 27.6 Å². The van der Waals surface area contributed by atoms with E-state index in [4.69, 9.17) is 0 Å². The molecule has 1 aliphatic rings. The molecular formula is C10H17N3S. The average molecular weight is 211 g/mol. The van der Waals surface area contributed by atoms with Gasteiger partial charge in [0.25, 0.3) is 0 Å².